The first-order valence-electron chi connectivity index (χ1n) is 9.64. The van der Waals surface area contributed by atoms with Crippen molar-refractivity contribution < 1.29 is 4.79 Å². The molecule has 4 rings (SSSR count). The number of rotatable bonds is 4. The number of thiophene rings is 1. The summed E-state index contributed by atoms with van der Waals surface area (Å²) in [4.78, 5) is 25.4. The van der Waals surface area contributed by atoms with Crippen LogP contribution < -0.4 is 11.1 Å². The van der Waals surface area contributed by atoms with Crippen LogP contribution in [0.4, 0.5) is 5.69 Å². The Balaban J connectivity index is 1.65. The molecular formula is C21H25N5OS. The number of hydrogen-bond acceptors (Lipinski definition) is 6. The molecule has 0 bridgehead atoms. The molecule has 0 spiro atoms. The number of hydrogen-bond donors (Lipinski definition) is 2. The molecule has 0 aliphatic carbocycles. The molecule has 1 atom stereocenters. The number of amides is 1. The Labute approximate surface area is 168 Å². The molecule has 1 amide bonds. The maximum Gasteiger partial charge on any atom is 0.263 e. The average molecular weight is 396 g/mol. The van der Waals surface area contributed by atoms with Crippen molar-refractivity contribution in [2.45, 2.75) is 38.8 Å². The van der Waals surface area contributed by atoms with Crippen LogP contribution in [0.3, 0.4) is 0 Å². The van der Waals surface area contributed by atoms with Crippen molar-refractivity contribution >= 4 is 33.1 Å². The number of carbonyl (C=O) groups excluding carboxylic acids is 1. The maximum absolute atomic E-state index is 12.0. The van der Waals surface area contributed by atoms with E-state index in [4.69, 9.17) is 10.7 Å². The van der Waals surface area contributed by atoms with E-state index in [-0.39, 0.29) is 11.9 Å². The van der Waals surface area contributed by atoms with Gasteiger partial charge in [-0.1, -0.05) is 12.5 Å². The Bertz CT molecular complexity index is 1020. The number of nitrogens with zero attached hydrogens (tertiary/aromatic N) is 3. The van der Waals surface area contributed by atoms with Gasteiger partial charge in [0.2, 0.25) is 0 Å². The highest BCUT2D eigenvalue weighted by Crippen LogP contribution is 2.36. The number of aryl methyl sites for hydroxylation is 1. The first kappa shape index (κ1) is 18.8. The zero-order valence-electron chi connectivity index (χ0n) is 16.2. The lowest BCUT2D eigenvalue weighted by Crippen LogP contribution is -2.33. The molecular weight excluding hydrogens is 370 g/mol. The van der Waals surface area contributed by atoms with Gasteiger partial charge in [0, 0.05) is 24.7 Å². The fraction of sp³-hybridized carbons (Fsp3) is 0.381. The molecule has 28 heavy (non-hydrogen) atoms. The number of carbonyl (C=O) groups is 1. The molecule has 1 saturated heterocycles. The number of piperidine rings is 1. The molecule has 1 aliphatic rings. The highest BCUT2D eigenvalue weighted by atomic mass is 32.1. The first-order valence-corrected chi connectivity index (χ1v) is 10.5. The summed E-state index contributed by atoms with van der Waals surface area (Å²) in [7, 11) is 1.62. The van der Waals surface area contributed by atoms with E-state index in [1.165, 1.54) is 24.2 Å². The third kappa shape index (κ3) is 3.59. The predicted octanol–water partition coefficient (Wildman–Crippen LogP) is 3.67. The Morgan fingerprint density at radius 2 is 2.14 bits per heavy atom. The second kappa shape index (κ2) is 7.85. The number of anilines is 1. The SMILES string of the molecule is CNC(=O)c1sc2nc([C@H]3CCCCN3Cc3cccc(C)n3)ccc2c1N. The molecule has 7 heteroatoms. The summed E-state index contributed by atoms with van der Waals surface area (Å²) in [5.41, 5.74) is 9.88. The summed E-state index contributed by atoms with van der Waals surface area (Å²) in [5, 5.41) is 3.50. The summed E-state index contributed by atoms with van der Waals surface area (Å²) in [6, 6.07) is 10.5. The minimum absolute atomic E-state index is 0.160. The molecule has 6 nitrogen and oxygen atoms in total. The highest BCUT2D eigenvalue weighted by molar-refractivity contribution is 7.21. The zero-order valence-corrected chi connectivity index (χ0v) is 17.1. The van der Waals surface area contributed by atoms with Crippen molar-refractivity contribution in [2.75, 3.05) is 19.3 Å². The Kier molecular flexibility index (Phi) is 5.28. The van der Waals surface area contributed by atoms with Gasteiger partial charge in [-0.25, -0.2) is 4.98 Å². The van der Waals surface area contributed by atoms with Crippen LogP contribution in [-0.4, -0.2) is 34.4 Å². The van der Waals surface area contributed by atoms with E-state index >= 15 is 0 Å². The second-order valence-electron chi connectivity index (χ2n) is 7.27. The van der Waals surface area contributed by atoms with Crippen molar-refractivity contribution in [3.05, 3.63) is 52.3 Å². The number of fused-ring (bicyclic) bond motifs is 1. The lowest BCUT2D eigenvalue weighted by atomic mass is 9.98. The zero-order chi connectivity index (χ0) is 19.7. The van der Waals surface area contributed by atoms with E-state index in [1.54, 1.807) is 7.05 Å². The van der Waals surface area contributed by atoms with E-state index in [9.17, 15) is 4.79 Å². The third-order valence-corrected chi connectivity index (χ3v) is 6.43. The lowest BCUT2D eigenvalue weighted by Gasteiger charge is -2.35. The van der Waals surface area contributed by atoms with Gasteiger partial charge in [0.05, 0.1) is 23.1 Å². The predicted molar refractivity (Wildman–Crippen MR) is 113 cm³/mol. The van der Waals surface area contributed by atoms with Crippen LogP contribution in [0, 0.1) is 6.92 Å². The van der Waals surface area contributed by atoms with Crippen molar-refractivity contribution in [3.63, 3.8) is 0 Å². The molecule has 0 saturated carbocycles. The summed E-state index contributed by atoms with van der Waals surface area (Å²) in [5.74, 6) is -0.160. The Morgan fingerprint density at radius 1 is 1.29 bits per heavy atom. The van der Waals surface area contributed by atoms with Crippen LogP contribution >= 0.6 is 11.3 Å². The van der Waals surface area contributed by atoms with Crippen LogP contribution in [0.5, 0.6) is 0 Å². The van der Waals surface area contributed by atoms with E-state index in [1.807, 2.05) is 19.1 Å². The van der Waals surface area contributed by atoms with Crippen molar-refractivity contribution in [3.8, 4) is 0 Å². The van der Waals surface area contributed by atoms with Crippen LogP contribution in [0.1, 0.15) is 52.1 Å². The quantitative estimate of drug-likeness (QED) is 0.704. The topological polar surface area (TPSA) is 84.1 Å². The standard InChI is InChI=1S/C21H25N5OS/c1-13-6-5-7-14(24-13)12-26-11-4-3-8-17(26)16-10-9-15-18(22)19(20(27)23-2)28-21(15)25-16/h5-7,9-10,17H,3-4,8,11-12,22H2,1-2H3,(H,23,27)/t17-/m1/s1. The van der Waals surface area contributed by atoms with Gasteiger partial charge in [0.1, 0.15) is 9.71 Å². The van der Waals surface area contributed by atoms with Crippen LogP contribution in [0.25, 0.3) is 10.2 Å². The molecule has 3 N–H and O–H groups in total. The van der Waals surface area contributed by atoms with Gasteiger partial charge in [-0.3, -0.25) is 14.7 Å². The number of nitrogens with one attached hydrogen (secondary N) is 1. The first-order chi connectivity index (χ1) is 13.6. The normalized spacial score (nSPS) is 17.7. The number of nitrogens with two attached hydrogens (primary N) is 1. The van der Waals surface area contributed by atoms with E-state index < -0.39 is 0 Å². The third-order valence-electron chi connectivity index (χ3n) is 5.31. The van der Waals surface area contributed by atoms with Gasteiger partial charge < -0.3 is 11.1 Å². The molecule has 3 aromatic rings. The largest absolute Gasteiger partial charge is 0.397 e. The molecule has 3 aromatic heterocycles. The van der Waals surface area contributed by atoms with Gasteiger partial charge >= 0.3 is 0 Å². The Hall–Kier alpha value is -2.51. The van der Waals surface area contributed by atoms with Crippen LogP contribution in [0.2, 0.25) is 0 Å². The molecule has 0 radical (unpaired) electrons. The summed E-state index contributed by atoms with van der Waals surface area (Å²) in [6.07, 6.45) is 3.46. The Morgan fingerprint density at radius 3 is 2.93 bits per heavy atom. The average Bonchev–Trinajstić information content (AvgIpc) is 3.04. The molecule has 1 aliphatic heterocycles. The van der Waals surface area contributed by atoms with Gasteiger partial charge in [-0.2, -0.15) is 0 Å². The van der Waals surface area contributed by atoms with Crippen molar-refractivity contribution in [1.82, 2.24) is 20.2 Å². The monoisotopic (exact) mass is 395 g/mol. The second-order valence-corrected chi connectivity index (χ2v) is 8.26. The van der Waals surface area contributed by atoms with Gasteiger partial charge in [-0.15, -0.1) is 11.3 Å². The number of nitrogen functional groups attached to an aromatic ring is 1. The summed E-state index contributed by atoms with van der Waals surface area (Å²) in [6.45, 7) is 3.89. The van der Waals surface area contributed by atoms with E-state index in [0.29, 0.717) is 10.6 Å². The fourth-order valence-corrected chi connectivity index (χ4v) is 4.94. The molecule has 146 valence electrons. The van der Waals surface area contributed by atoms with Crippen molar-refractivity contribution in [1.29, 1.82) is 0 Å². The number of likely N-dealkylation sites (tertiary alicyclic amines) is 1. The minimum atomic E-state index is -0.160. The number of pyridine rings is 2. The minimum Gasteiger partial charge on any atom is -0.397 e. The molecule has 0 aromatic carbocycles. The van der Waals surface area contributed by atoms with Gasteiger partial charge in [0.25, 0.3) is 5.91 Å². The van der Waals surface area contributed by atoms with Gasteiger partial charge in [-0.05, 0) is 50.6 Å². The molecule has 1 fully saturated rings. The molecule has 0 unspecified atom stereocenters. The van der Waals surface area contributed by atoms with Crippen LogP contribution in [0.15, 0.2) is 30.3 Å². The highest BCUT2D eigenvalue weighted by Gasteiger charge is 2.26. The van der Waals surface area contributed by atoms with Crippen LogP contribution in [-0.2, 0) is 6.54 Å². The summed E-state index contributed by atoms with van der Waals surface area (Å²) >= 11 is 1.36. The van der Waals surface area contributed by atoms with Gasteiger partial charge in [0.15, 0.2) is 0 Å². The lowest BCUT2D eigenvalue weighted by molar-refractivity contribution is 0.0968. The van der Waals surface area contributed by atoms with Crippen molar-refractivity contribution in [2.24, 2.45) is 0 Å². The number of aromatic nitrogens is 2. The fourth-order valence-electron chi connectivity index (χ4n) is 3.89. The maximum atomic E-state index is 12.0. The smallest absolute Gasteiger partial charge is 0.263 e. The summed E-state index contributed by atoms with van der Waals surface area (Å²) < 4.78 is 0. The van der Waals surface area contributed by atoms with E-state index in [0.717, 1.165) is 46.8 Å². The molecule has 4 heterocycles. The van der Waals surface area contributed by atoms with E-state index in [2.05, 4.69) is 33.4 Å².